The molecule has 0 aromatic heterocycles. The van der Waals surface area contributed by atoms with Crippen LogP contribution in [-0.2, 0) is 27.7 Å². The molecule has 1 amide bonds. The van der Waals surface area contributed by atoms with Crippen LogP contribution in [0.5, 0.6) is 5.75 Å². The summed E-state index contributed by atoms with van der Waals surface area (Å²) in [6.07, 6.45) is 0.589. The van der Waals surface area contributed by atoms with Crippen LogP contribution in [0.2, 0.25) is 5.02 Å². The summed E-state index contributed by atoms with van der Waals surface area (Å²) in [7, 11) is -3.69. The summed E-state index contributed by atoms with van der Waals surface area (Å²) in [6.45, 7) is 0.845. The maximum Gasteiger partial charge on any atom is 0.235 e. The van der Waals surface area contributed by atoms with Gasteiger partial charge in [0.25, 0.3) is 0 Å². The molecule has 156 valence electrons. The SMILES string of the molecule is O=C(CS(=O)(=O)c1ccc(Cl)cc1)NCCc1ccc(OCc2ccccc2)cc1. The van der Waals surface area contributed by atoms with Crippen molar-refractivity contribution in [1.29, 1.82) is 0 Å². The van der Waals surface area contributed by atoms with Crippen molar-refractivity contribution in [2.45, 2.75) is 17.9 Å². The van der Waals surface area contributed by atoms with E-state index in [1.165, 1.54) is 24.3 Å². The molecule has 3 rings (SSSR count). The minimum absolute atomic E-state index is 0.0770. The van der Waals surface area contributed by atoms with E-state index in [0.29, 0.717) is 24.6 Å². The third kappa shape index (κ3) is 6.61. The zero-order chi connectivity index (χ0) is 21.4. The molecule has 0 saturated carbocycles. The molecule has 0 atom stereocenters. The summed E-state index contributed by atoms with van der Waals surface area (Å²) < 4.78 is 30.3. The van der Waals surface area contributed by atoms with Gasteiger partial charge in [-0.05, 0) is 53.9 Å². The fourth-order valence-corrected chi connectivity index (χ4v) is 4.08. The van der Waals surface area contributed by atoms with Gasteiger partial charge < -0.3 is 10.1 Å². The average molecular weight is 444 g/mol. The van der Waals surface area contributed by atoms with E-state index in [0.717, 1.165) is 16.9 Å². The highest BCUT2D eigenvalue weighted by atomic mass is 35.5. The predicted molar refractivity (Wildman–Crippen MR) is 117 cm³/mol. The highest BCUT2D eigenvalue weighted by Gasteiger charge is 2.18. The van der Waals surface area contributed by atoms with Crippen LogP contribution in [0, 0.1) is 0 Å². The first-order valence-corrected chi connectivity index (χ1v) is 11.5. The molecule has 0 heterocycles. The van der Waals surface area contributed by atoms with E-state index in [-0.39, 0.29) is 4.90 Å². The van der Waals surface area contributed by atoms with Crippen LogP contribution < -0.4 is 10.1 Å². The molecule has 0 aliphatic heterocycles. The minimum Gasteiger partial charge on any atom is -0.489 e. The van der Waals surface area contributed by atoms with E-state index >= 15 is 0 Å². The van der Waals surface area contributed by atoms with Gasteiger partial charge in [0.2, 0.25) is 5.91 Å². The van der Waals surface area contributed by atoms with E-state index in [9.17, 15) is 13.2 Å². The van der Waals surface area contributed by atoms with Crippen molar-refractivity contribution < 1.29 is 17.9 Å². The first-order chi connectivity index (χ1) is 14.4. The molecule has 7 heteroatoms. The summed E-state index contributed by atoms with van der Waals surface area (Å²) in [6, 6.07) is 23.3. The Labute approximate surface area is 181 Å². The topological polar surface area (TPSA) is 72.5 Å². The van der Waals surface area contributed by atoms with E-state index in [2.05, 4.69) is 5.32 Å². The molecule has 0 aliphatic rings. The second-order valence-electron chi connectivity index (χ2n) is 6.73. The molecule has 0 spiro atoms. The number of amides is 1. The molecule has 5 nitrogen and oxygen atoms in total. The monoisotopic (exact) mass is 443 g/mol. The van der Waals surface area contributed by atoms with Crippen molar-refractivity contribution >= 4 is 27.3 Å². The van der Waals surface area contributed by atoms with Gasteiger partial charge in [0.15, 0.2) is 9.84 Å². The van der Waals surface area contributed by atoms with Crippen molar-refractivity contribution in [3.8, 4) is 5.75 Å². The van der Waals surface area contributed by atoms with Gasteiger partial charge in [-0.2, -0.15) is 0 Å². The van der Waals surface area contributed by atoms with Crippen molar-refractivity contribution in [2.75, 3.05) is 12.3 Å². The summed E-state index contributed by atoms with van der Waals surface area (Å²) in [5.74, 6) is -0.366. The zero-order valence-electron chi connectivity index (χ0n) is 16.3. The molecule has 3 aromatic carbocycles. The lowest BCUT2D eigenvalue weighted by Crippen LogP contribution is -2.31. The lowest BCUT2D eigenvalue weighted by Gasteiger charge is -2.09. The Bertz CT molecular complexity index is 1070. The van der Waals surface area contributed by atoms with Gasteiger partial charge in [-0.15, -0.1) is 0 Å². The van der Waals surface area contributed by atoms with Crippen LogP contribution in [0.25, 0.3) is 0 Å². The number of carbonyl (C=O) groups is 1. The lowest BCUT2D eigenvalue weighted by atomic mass is 10.1. The van der Waals surface area contributed by atoms with Crippen LogP contribution in [0.1, 0.15) is 11.1 Å². The Hall–Kier alpha value is -2.83. The first kappa shape index (κ1) is 21.9. The molecule has 0 saturated heterocycles. The van der Waals surface area contributed by atoms with E-state index in [4.69, 9.17) is 16.3 Å². The van der Waals surface area contributed by atoms with Gasteiger partial charge in [-0.25, -0.2) is 8.42 Å². The largest absolute Gasteiger partial charge is 0.489 e. The Morgan fingerprint density at radius 1 is 0.867 bits per heavy atom. The standard InChI is InChI=1S/C23H22ClNO4S/c24-20-8-12-22(13-9-20)30(27,28)17-23(26)25-15-14-18-6-10-21(11-7-18)29-16-19-4-2-1-3-5-19/h1-13H,14-17H2,(H,25,26). The number of nitrogens with one attached hydrogen (secondary N) is 1. The average Bonchev–Trinajstić information content (AvgIpc) is 2.74. The van der Waals surface area contributed by atoms with Crippen molar-refractivity contribution in [2.24, 2.45) is 0 Å². The summed E-state index contributed by atoms with van der Waals surface area (Å²) >= 11 is 5.77. The second-order valence-corrected chi connectivity index (χ2v) is 9.16. The van der Waals surface area contributed by atoms with Gasteiger partial charge in [-0.1, -0.05) is 54.1 Å². The predicted octanol–water partition coefficient (Wildman–Crippen LogP) is 4.05. The Balaban J connectivity index is 1.43. The molecule has 3 aromatic rings. The summed E-state index contributed by atoms with van der Waals surface area (Å²) in [5.41, 5.74) is 2.11. The number of hydrogen-bond acceptors (Lipinski definition) is 4. The molecule has 0 bridgehead atoms. The Morgan fingerprint density at radius 3 is 2.20 bits per heavy atom. The first-order valence-electron chi connectivity index (χ1n) is 9.43. The van der Waals surface area contributed by atoms with Gasteiger partial charge >= 0.3 is 0 Å². The maximum absolute atomic E-state index is 12.3. The number of hydrogen-bond donors (Lipinski definition) is 1. The zero-order valence-corrected chi connectivity index (χ0v) is 17.8. The van der Waals surface area contributed by atoms with Crippen molar-refractivity contribution in [1.82, 2.24) is 5.32 Å². The Morgan fingerprint density at radius 2 is 1.53 bits per heavy atom. The third-order valence-electron chi connectivity index (χ3n) is 4.40. The highest BCUT2D eigenvalue weighted by Crippen LogP contribution is 2.16. The summed E-state index contributed by atoms with van der Waals surface area (Å²) in [5, 5.41) is 3.09. The number of rotatable bonds is 9. The van der Waals surface area contributed by atoms with Gasteiger partial charge in [0, 0.05) is 11.6 Å². The van der Waals surface area contributed by atoms with Crippen LogP contribution in [0.15, 0.2) is 83.8 Å². The summed E-state index contributed by atoms with van der Waals surface area (Å²) in [4.78, 5) is 12.1. The third-order valence-corrected chi connectivity index (χ3v) is 6.29. The normalized spacial score (nSPS) is 11.1. The van der Waals surface area contributed by atoms with Crippen LogP contribution >= 0.6 is 11.6 Å². The van der Waals surface area contributed by atoms with Crippen molar-refractivity contribution in [3.05, 3.63) is 95.0 Å². The number of benzene rings is 3. The highest BCUT2D eigenvalue weighted by molar-refractivity contribution is 7.92. The van der Waals surface area contributed by atoms with Crippen LogP contribution in [0.3, 0.4) is 0 Å². The van der Waals surface area contributed by atoms with Gasteiger partial charge in [0.05, 0.1) is 4.90 Å². The molecule has 0 radical (unpaired) electrons. The molecule has 1 N–H and O–H groups in total. The number of halogens is 1. The number of ether oxygens (including phenoxy) is 1. The van der Waals surface area contributed by atoms with Gasteiger partial charge in [0.1, 0.15) is 18.1 Å². The van der Waals surface area contributed by atoms with E-state index in [1.807, 2.05) is 54.6 Å². The second kappa shape index (κ2) is 10.3. The van der Waals surface area contributed by atoms with Crippen molar-refractivity contribution in [3.63, 3.8) is 0 Å². The molecule has 30 heavy (non-hydrogen) atoms. The minimum atomic E-state index is -3.69. The molecule has 0 aliphatic carbocycles. The molecular formula is C23H22ClNO4S. The molecular weight excluding hydrogens is 422 g/mol. The van der Waals surface area contributed by atoms with Gasteiger partial charge in [-0.3, -0.25) is 4.79 Å². The van der Waals surface area contributed by atoms with E-state index < -0.39 is 21.5 Å². The Kier molecular flexibility index (Phi) is 7.49. The fourth-order valence-electron chi connectivity index (χ4n) is 2.79. The smallest absolute Gasteiger partial charge is 0.235 e. The number of sulfone groups is 1. The van der Waals surface area contributed by atoms with Crippen LogP contribution in [-0.4, -0.2) is 26.6 Å². The molecule has 0 fully saturated rings. The quantitative estimate of drug-likeness (QED) is 0.541. The lowest BCUT2D eigenvalue weighted by molar-refractivity contribution is -0.118. The molecule has 0 unspecified atom stereocenters. The maximum atomic E-state index is 12.3. The van der Waals surface area contributed by atoms with E-state index in [1.54, 1.807) is 0 Å². The number of carbonyl (C=O) groups excluding carboxylic acids is 1. The fraction of sp³-hybridized carbons (Fsp3) is 0.174. The van der Waals surface area contributed by atoms with Crippen LogP contribution in [0.4, 0.5) is 0 Å².